The van der Waals surface area contributed by atoms with Gasteiger partial charge < -0.3 is 9.64 Å². The lowest BCUT2D eigenvalue weighted by molar-refractivity contribution is -0.137. The van der Waals surface area contributed by atoms with E-state index >= 15 is 0 Å². The summed E-state index contributed by atoms with van der Waals surface area (Å²) in [6, 6.07) is 8.54. The van der Waals surface area contributed by atoms with Crippen LogP contribution in [0.5, 0.6) is 0 Å². The highest BCUT2D eigenvalue weighted by Gasteiger charge is 2.40. The maximum atomic E-state index is 13.0. The summed E-state index contributed by atoms with van der Waals surface area (Å²) in [5.41, 5.74) is 0.126. The zero-order chi connectivity index (χ0) is 21.9. The number of rotatable bonds is 4. The van der Waals surface area contributed by atoms with Crippen molar-refractivity contribution in [2.75, 3.05) is 32.7 Å². The predicted molar refractivity (Wildman–Crippen MR) is 113 cm³/mol. The lowest BCUT2D eigenvalue weighted by Crippen LogP contribution is -2.55. The van der Waals surface area contributed by atoms with Crippen molar-refractivity contribution < 1.29 is 22.7 Å². The zero-order valence-electron chi connectivity index (χ0n) is 17.9. The first-order chi connectivity index (χ1) is 14.1. The largest absolute Gasteiger partial charge is 0.444 e. The summed E-state index contributed by atoms with van der Waals surface area (Å²) in [4.78, 5) is 28.7. The van der Waals surface area contributed by atoms with Crippen LogP contribution < -0.4 is 0 Å². The highest BCUT2D eigenvalue weighted by Crippen LogP contribution is 2.23. The number of carbonyl (C=O) groups excluding carboxylic acids is 2. The Morgan fingerprint density at radius 3 is 2.27 bits per heavy atom. The van der Waals surface area contributed by atoms with Crippen molar-refractivity contribution in [3.05, 3.63) is 35.9 Å². The second-order valence-electron chi connectivity index (χ2n) is 8.80. The molecule has 0 spiro atoms. The topological polar surface area (TPSA) is 87.2 Å². The van der Waals surface area contributed by atoms with Crippen LogP contribution in [0.4, 0.5) is 4.79 Å². The summed E-state index contributed by atoms with van der Waals surface area (Å²) in [7, 11) is -3.44. The van der Waals surface area contributed by atoms with Crippen LogP contribution in [0.15, 0.2) is 30.3 Å². The number of hydrogen-bond donors (Lipinski definition) is 0. The summed E-state index contributed by atoms with van der Waals surface area (Å²) < 4.78 is 32.3. The Labute approximate surface area is 178 Å². The van der Waals surface area contributed by atoms with Crippen molar-refractivity contribution in [2.24, 2.45) is 0 Å². The molecule has 1 aromatic carbocycles. The van der Waals surface area contributed by atoms with Crippen LogP contribution in [-0.2, 0) is 25.3 Å². The first-order valence-electron chi connectivity index (χ1n) is 10.4. The summed E-state index contributed by atoms with van der Waals surface area (Å²) >= 11 is 0. The molecule has 0 unspecified atom stereocenters. The summed E-state index contributed by atoms with van der Waals surface area (Å²) in [5, 5.41) is 0. The molecule has 2 fully saturated rings. The van der Waals surface area contributed by atoms with E-state index in [1.54, 1.807) is 37.8 Å². The van der Waals surface area contributed by atoms with Gasteiger partial charge in [0.05, 0.1) is 5.75 Å². The van der Waals surface area contributed by atoms with Crippen LogP contribution in [0.25, 0.3) is 0 Å². The minimum Gasteiger partial charge on any atom is -0.444 e. The van der Waals surface area contributed by atoms with E-state index in [1.165, 1.54) is 9.21 Å². The minimum atomic E-state index is -3.44. The van der Waals surface area contributed by atoms with E-state index in [0.717, 1.165) is 12.0 Å². The highest BCUT2D eigenvalue weighted by atomic mass is 32.2. The third-order valence-corrected chi connectivity index (χ3v) is 7.15. The number of sulfonamides is 1. The van der Waals surface area contributed by atoms with Crippen molar-refractivity contribution in [3.63, 3.8) is 0 Å². The van der Waals surface area contributed by atoms with Crippen molar-refractivity contribution in [1.29, 1.82) is 0 Å². The summed E-state index contributed by atoms with van der Waals surface area (Å²) in [5.74, 6) is -0.171. The van der Waals surface area contributed by atoms with Gasteiger partial charge in [0.1, 0.15) is 11.6 Å². The molecule has 0 N–H and O–H groups in total. The summed E-state index contributed by atoms with van der Waals surface area (Å²) in [6.45, 7) is 7.07. The molecular weight excluding hydrogens is 406 g/mol. The van der Waals surface area contributed by atoms with Gasteiger partial charge in [0, 0.05) is 32.7 Å². The zero-order valence-corrected chi connectivity index (χ0v) is 18.7. The number of amides is 2. The molecule has 8 nitrogen and oxygen atoms in total. The van der Waals surface area contributed by atoms with E-state index in [9.17, 15) is 18.0 Å². The molecule has 0 aliphatic carbocycles. The second kappa shape index (κ2) is 8.93. The molecular formula is C21H31N3O5S. The number of hydrogen-bond acceptors (Lipinski definition) is 5. The maximum Gasteiger partial charge on any atom is 0.410 e. The van der Waals surface area contributed by atoms with Gasteiger partial charge in [-0.05, 0) is 39.2 Å². The maximum absolute atomic E-state index is 13.0. The van der Waals surface area contributed by atoms with Crippen LogP contribution in [-0.4, -0.2) is 78.9 Å². The molecule has 1 aromatic rings. The van der Waals surface area contributed by atoms with Gasteiger partial charge >= 0.3 is 6.09 Å². The fourth-order valence-electron chi connectivity index (χ4n) is 3.84. The van der Waals surface area contributed by atoms with E-state index in [-0.39, 0.29) is 24.7 Å². The molecule has 2 aliphatic rings. The van der Waals surface area contributed by atoms with Gasteiger partial charge in [0.25, 0.3) is 0 Å². The summed E-state index contributed by atoms with van der Waals surface area (Å²) in [6.07, 6.45) is 0.883. The first-order valence-corrected chi connectivity index (χ1v) is 12.0. The molecule has 0 radical (unpaired) electrons. The van der Waals surface area contributed by atoms with Crippen molar-refractivity contribution >= 4 is 22.0 Å². The number of benzene rings is 1. The van der Waals surface area contributed by atoms with E-state index in [4.69, 9.17) is 4.74 Å². The molecule has 166 valence electrons. The molecule has 30 heavy (non-hydrogen) atoms. The van der Waals surface area contributed by atoms with Crippen molar-refractivity contribution in [2.45, 2.75) is 51.0 Å². The normalized spacial score (nSPS) is 21.0. The first kappa shape index (κ1) is 22.6. The molecule has 1 atom stereocenters. The van der Waals surface area contributed by atoms with Crippen LogP contribution in [0.3, 0.4) is 0 Å². The molecule has 0 aromatic heterocycles. The van der Waals surface area contributed by atoms with Crippen molar-refractivity contribution in [3.8, 4) is 0 Å². The van der Waals surface area contributed by atoms with Crippen molar-refractivity contribution in [1.82, 2.24) is 14.1 Å². The monoisotopic (exact) mass is 437 g/mol. The van der Waals surface area contributed by atoms with Crippen LogP contribution in [0.1, 0.15) is 39.2 Å². The Hall–Kier alpha value is -2.13. The minimum absolute atomic E-state index is 0.0448. The fraction of sp³-hybridized carbons (Fsp3) is 0.619. The Kier molecular flexibility index (Phi) is 6.71. The number of ether oxygens (including phenoxy) is 1. The lowest BCUT2D eigenvalue weighted by Gasteiger charge is -2.37. The van der Waals surface area contributed by atoms with Gasteiger partial charge in [-0.2, -0.15) is 4.31 Å². The molecule has 0 bridgehead atoms. The van der Waals surface area contributed by atoms with Gasteiger partial charge in [-0.25, -0.2) is 13.2 Å². The van der Waals surface area contributed by atoms with Gasteiger partial charge in [0.2, 0.25) is 15.9 Å². The van der Waals surface area contributed by atoms with E-state index in [0.29, 0.717) is 26.1 Å². The number of likely N-dealkylation sites (tertiary alicyclic amines) is 1. The van der Waals surface area contributed by atoms with E-state index in [2.05, 4.69) is 0 Å². The van der Waals surface area contributed by atoms with E-state index < -0.39 is 27.8 Å². The number of piperazine rings is 1. The van der Waals surface area contributed by atoms with Crippen LogP contribution in [0, 0.1) is 0 Å². The standard InChI is InChI=1S/C21H31N3O5S/c1-21(2,3)29-20(26)24-11-7-10-18(24)19(25)22-12-14-23(15-13-22)30(27,28)16-17-8-5-4-6-9-17/h4-6,8-9,18H,7,10-16H2,1-3H3/t18-/m0/s1. The van der Waals surface area contributed by atoms with Crippen LogP contribution >= 0.6 is 0 Å². The molecule has 2 aliphatic heterocycles. The highest BCUT2D eigenvalue weighted by molar-refractivity contribution is 7.88. The lowest BCUT2D eigenvalue weighted by atomic mass is 10.1. The quantitative estimate of drug-likeness (QED) is 0.720. The molecule has 2 amide bonds. The van der Waals surface area contributed by atoms with Gasteiger partial charge in [0.15, 0.2) is 0 Å². The molecule has 2 heterocycles. The molecule has 0 saturated carbocycles. The third-order valence-electron chi connectivity index (χ3n) is 5.30. The van der Waals surface area contributed by atoms with E-state index in [1.807, 2.05) is 18.2 Å². The fourth-order valence-corrected chi connectivity index (χ4v) is 5.35. The number of nitrogens with zero attached hydrogens (tertiary/aromatic N) is 3. The average molecular weight is 438 g/mol. The third kappa shape index (κ3) is 5.51. The Bertz CT molecular complexity index is 858. The smallest absolute Gasteiger partial charge is 0.410 e. The van der Waals surface area contributed by atoms with Crippen LogP contribution in [0.2, 0.25) is 0 Å². The SMILES string of the molecule is CC(C)(C)OC(=O)N1CCC[C@H]1C(=O)N1CCN(S(=O)(=O)Cc2ccccc2)CC1. The van der Waals surface area contributed by atoms with Gasteiger partial charge in [-0.15, -0.1) is 0 Å². The average Bonchev–Trinajstić information content (AvgIpc) is 3.17. The molecule has 9 heteroatoms. The van der Waals surface area contributed by atoms with Gasteiger partial charge in [-0.3, -0.25) is 9.69 Å². The Morgan fingerprint density at radius 2 is 1.67 bits per heavy atom. The molecule has 3 rings (SSSR count). The van der Waals surface area contributed by atoms with Gasteiger partial charge in [-0.1, -0.05) is 30.3 Å². The Balaban J connectivity index is 1.57. The molecule has 2 saturated heterocycles. The predicted octanol–water partition coefficient (Wildman–Crippen LogP) is 2.06. The second-order valence-corrected chi connectivity index (χ2v) is 10.8. The number of carbonyl (C=O) groups is 2. The Morgan fingerprint density at radius 1 is 1.03 bits per heavy atom.